The average molecular weight is 291 g/mol. The van der Waals surface area contributed by atoms with Crippen molar-refractivity contribution < 1.29 is 0 Å². The third-order valence-electron chi connectivity index (χ3n) is 3.36. The van der Waals surface area contributed by atoms with Crippen molar-refractivity contribution in [1.82, 2.24) is 15.1 Å². The van der Waals surface area contributed by atoms with Crippen molar-refractivity contribution in [3.05, 3.63) is 39.8 Å². The highest BCUT2D eigenvalue weighted by atomic mass is 32.1. The lowest BCUT2D eigenvalue weighted by Gasteiger charge is -2.14. The molecule has 1 atom stereocenters. The second-order valence-corrected chi connectivity index (χ2v) is 6.81. The minimum Gasteiger partial charge on any atom is -0.312 e. The van der Waals surface area contributed by atoms with Gasteiger partial charge in [0.15, 0.2) is 0 Å². The van der Waals surface area contributed by atoms with Gasteiger partial charge in [0, 0.05) is 39.5 Å². The van der Waals surface area contributed by atoms with Gasteiger partial charge < -0.3 is 5.32 Å². The van der Waals surface area contributed by atoms with Gasteiger partial charge in [-0.15, -0.1) is 22.7 Å². The largest absolute Gasteiger partial charge is 0.312 e. The summed E-state index contributed by atoms with van der Waals surface area (Å²) in [7, 11) is 4.05. The van der Waals surface area contributed by atoms with Crippen LogP contribution in [0.3, 0.4) is 0 Å². The van der Waals surface area contributed by atoms with Crippen LogP contribution >= 0.6 is 22.7 Å². The Bertz CT molecular complexity index is 664. The third-order valence-corrected chi connectivity index (χ3v) is 5.57. The number of nitrogens with one attached hydrogen (secondary N) is 1. The van der Waals surface area contributed by atoms with E-state index >= 15 is 0 Å². The van der Waals surface area contributed by atoms with Crippen LogP contribution in [0.2, 0.25) is 0 Å². The molecule has 5 heteroatoms. The lowest BCUT2D eigenvalue weighted by Crippen LogP contribution is -2.19. The van der Waals surface area contributed by atoms with Gasteiger partial charge in [0.25, 0.3) is 0 Å². The van der Waals surface area contributed by atoms with Gasteiger partial charge in [-0.25, -0.2) is 0 Å². The Morgan fingerprint density at radius 2 is 2.21 bits per heavy atom. The molecular weight excluding hydrogens is 274 g/mol. The van der Waals surface area contributed by atoms with Gasteiger partial charge in [0.2, 0.25) is 0 Å². The van der Waals surface area contributed by atoms with Crippen molar-refractivity contribution in [2.24, 2.45) is 7.05 Å². The summed E-state index contributed by atoms with van der Waals surface area (Å²) in [4.78, 5) is 1.41. The van der Waals surface area contributed by atoms with Crippen LogP contribution in [0.1, 0.15) is 22.3 Å². The van der Waals surface area contributed by atoms with Crippen molar-refractivity contribution in [2.45, 2.75) is 19.4 Å². The fraction of sp³-hybridized carbons (Fsp3) is 0.357. The van der Waals surface area contributed by atoms with E-state index in [1.54, 1.807) is 0 Å². The molecule has 0 aliphatic rings. The van der Waals surface area contributed by atoms with Gasteiger partial charge in [0.05, 0.1) is 5.69 Å². The van der Waals surface area contributed by atoms with E-state index in [2.05, 4.69) is 34.0 Å². The molecule has 0 spiro atoms. The molecule has 3 aromatic heterocycles. The first-order valence-corrected chi connectivity index (χ1v) is 8.00. The predicted molar refractivity (Wildman–Crippen MR) is 83.2 cm³/mol. The van der Waals surface area contributed by atoms with Crippen molar-refractivity contribution in [2.75, 3.05) is 7.05 Å². The maximum atomic E-state index is 4.42. The number of nitrogens with zero attached hydrogens (tertiary/aromatic N) is 2. The maximum Gasteiger partial charge on any atom is 0.0596 e. The first-order valence-electron chi connectivity index (χ1n) is 6.31. The summed E-state index contributed by atoms with van der Waals surface area (Å²) < 4.78 is 4.76. The van der Waals surface area contributed by atoms with Gasteiger partial charge >= 0.3 is 0 Å². The Balaban J connectivity index is 1.88. The Labute approximate surface area is 120 Å². The second kappa shape index (κ2) is 5.07. The average Bonchev–Trinajstić information content (AvgIpc) is 3.00. The van der Waals surface area contributed by atoms with Crippen LogP contribution in [-0.4, -0.2) is 16.8 Å². The number of hydrogen-bond donors (Lipinski definition) is 1. The Kier molecular flexibility index (Phi) is 3.43. The highest BCUT2D eigenvalue weighted by Gasteiger charge is 2.16. The molecule has 0 aliphatic carbocycles. The molecule has 3 rings (SSSR count). The minimum atomic E-state index is 0.361. The van der Waals surface area contributed by atoms with Crippen LogP contribution in [0.4, 0.5) is 0 Å². The van der Waals surface area contributed by atoms with Gasteiger partial charge in [-0.2, -0.15) is 5.10 Å². The second-order valence-electron chi connectivity index (χ2n) is 4.74. The molecule has 1 unspecified atom stereocenters. The molecule has 0 aliphatic heterocycles. The monoisotopic (exact) mass is 291 g/mol. The number of aryl methyl sites for hydroxylation is 2. The summed E-state index contributed by atoms with van der Waals surface area (Å²) in [6.07, 6.45) is 0.974. The fourth-order valence-corrected chi connectivity index (χ4v) is 4.60. The summed E-state index contributed by atoms with van der Waals surface area (Å²) in [5.74, 6) is 0. The SMILES string of the molecule is CNC(Cc1cc(C)nn1C)c1cc2sccc2s1. The molecule has 1 N–H and O–H groups in total. The van der Waals surface area contributed by atoms with Crippen LogP contribution < -0.4 is 5.32 Å². The first kappa shape index (κ1) is 12.8. The van der Waals surface area contributed by atoms with Crippen LogP contribution in [-0.2, 0) is 13.5 Å². The molecule has 3 aromatic rings. The molecule has 3 nitrogen and oxygen atoms in total. The number of thiophene rings is 2. The number of aromatic nitrogens is 2. The van der Waals surface area contributed by atoms with Crippen LogP contribution in [0.15, 0.2) is 23.6 Å². The number of hydrogen-bond acceptors (Lipinski definition) is 4. The highest BCUT2D eigenvalue weighted by molar-refractivity contribution is 7.26. The Morgan fingerprint density at radius 3 is 2.84 bits per heavy atom. The topological polar surface area (TPSA) is 29.9 Å². The van der Waals surface area contributed by atoms with Crippen molar-refractivity contribution in [1.29, 1.82) is 0 Å². The molecule has 0 saturated carbocycles. The zero-order valence-corrected chi connectivity index (χ0v) is 12.9. The van der Waals surface area contributed by atoms with E-state index in [1.807, 2.05) is 48.4 Å². The lowest BCUT2D eigenvalue weighted by atomic mass is 10.1. The van der Waals surface area contributed by atoms with E-state index in [-0.39, 0.29) is 0 Å². The van der Waals surface area contributed by atoms with Gasteiger partial charge in [0.1, 0.15) is 0 Å². The molecule has 100 valence electrons. The smallest absolute Gasteiger partial charge is 0.0596 e. The van der Waals surface area contributed by atoms with Crippen LogP contribution in [0.5, 0.6) is 0 Å². The summed E-state index contributed by atoms with van der Waals surface area (Å²) in [5, 5.41) is 10.0. The van der Waals surface area contributed by atoms with E-state index < -0.39 is 0 Å². The van der Waals surface area contributed by atoms with Crippen LogP contribution in [0, 0.1) is 6.92 Å². The normalized spacial score (nSPS) is 13.2. The maximum absolute atomic E-state index is 4.42. The Morgan fingerprint density at radius 1 is 1.37 bits per heavy atom. The molecule has 19 heavy (non-hydrogen) atoms. The molecule has 0 radical (unpaired) electrons. The van der Waals surface area contributed by atoms with E-state index in [1.165, 1.54) is 20.0 Å². The first-order chi connectivity index (χ1) is 9.17. The van der Waals surface area contributed by atoms with Crippen molar-refractivity contribution in [3.63, 3.8) is 0 Å². The standard InChI is InChI=1S/C14H17N3S2/c1-9-6-10(17(3)16-9)7-11(15-2)13-8-14-12(19-13)4-5-18-14/h4-6,8,11,15H,7H2,1-3H3. The van der Waals surface area contributed by atoms with E-state index in [9.17, 15) is 0 Å². The van der Waals surface area contributed by atoms with E-state index in [0.29, 0.717) is 6.04 Å². The van der Waals surface area contributed by atoms with Crippen molar-refractivity contribution >= 4 is 32.1 Å². The highest BCUT2D eigenvalue weighted by Crippen LogP contribution is 2.34. The molecule has 0 amide bonds. The molecule has 0 aromatic carbocycles. The summed E-state index contributed by atoms with van der Waals surface area (Å²) in [6, 6.07) is 7.05. The summed E-state index contributed by atoms with van der Waals surface area (Å²) in [5.41, 5.74) is 2.35. The van der Waals surface area contributed by atoms with Crippen molar-refractivity contribution in [3.8, 4) is 0 Å². The quantitative estimate of drug-likeness (QED) is 0.797. The zero-order valence-electron chi connectivity index (χ0n) is 11.3. The zero-order chi connectivity index (χ0) is 13.4. The van der Waals surface area contributed by atoms with Gasteiger partial charge in [-0.05, 0) is 37.6 Å². The lowest BCUT2D eigenvalue weighted by molar-refractivity contribution is 0.569. The molecule has 0 saturated heterocycles. The Hall–Kier alpha value is -1.17. The predicted octanol–water partition coefficient (Wildman–Crippen LogP) is 3.51. The molecule has 3 heterocycles. The van der Waals surface area contributed by atoms with Gasteiger partial charge in [-0.1, -0.05) is 0 Å². The summed E-state index contributed by atoms with van der Waals surface area (Å²) in [6.45, 7) is 2.04. The van der Waals surface area contributed by atoms with Crippen LogP contribution in [0.25, 0.3) is 9.40 Å². The number of rotatable bonds is 4. The van der Waals surface area contributed by atoms with E-state index in [0.717, 1.165) is 12.1 Å². The number of fused-ring (bicyclic) bond motifs is 1. The van der Waals surface area contributed by atoms with Gasteiger partial charge in [-0.3, -0.25) is 4.68 Å². The van der Waals surface area contributed by atoms with E-state index in [4.69, 9.17) is 0 Å². The fourth-order valence-electron chi connectivity index (χ4n) is 2.37. The summed E-state index contributed by atoms with van der Waals surface area (Å²) >= 11 is 3.70. The number of likely N-dealkylation sites (N-methyl/N-ethyl adjacent to an activating group) is 1. The minimum absolute atomic E-state index is 0.361. The molecule has 0 fully saturated rings. The molecule has 0 bridgehead atoms. The molecular formula is C14H17N3S2. The third kappa shape index (κ3) is 2.45.